The fourth-order valence-corrected chi connectivity index (χ4v) is 2.11. The van der Waals surface area contributed by atoms with Crippen LogP contribution in [0.5, 0.6) is 0 Å². The number of nitrogens with zero attached hydrogens (tertiary/aromatic N) is 1. The average Bonchev–Trinajstić information content (AvgIpc) is 2.72. The molecule has 0 saturated carbocycles. The summed E-state index contributed by atoms with van der Waals surface area (Å²) >= 11 is 0. The molecule has 0 bridgehead atoms. The molecule has 2 heterocycles. The number of hydrogen-bond acceptors (Lipinski definition) is 2. The Morgan fingerprint density at radius 1 is 1.31 bits per heavy atom. The highest BCUT2D eigenvalue weighted by molar-refractivity contribution is 5.69. The minimum atomic E-state index is -0.218. The highest BCUT2D eigenvalue weighted by atomic mass is 19.1. The van der Waals surface area contributed by atoms with Crippen LogP contribution in [-0.4, -0.2) is 16.7 Å². The minimum absolute atomic E-state index is 0.218. The molecule has 1 aromatic carbocycles. The molecule has 4 heteroatoms. The van der Waals surface area contributed by atoms with Gasteiger partial charge in [-0.3, -0.25) is 5.10 Å². The topological polar surface area (TPSA) is 40.7 Å². The maximum atomic E-state index is 13.1. The van der Waals surface area contributed by atoms with E-state index in [1.807, 2.05) is 6.07 Å². The van der Waals surface area contributed by atoms with Gasteiger partial charge in [0, 0.05) is 17.7 Å². The van der Waals surface area contributed by atoms with E-state index in [4.69, 9.17) is 0 Å². The van der Waals surface area contributed by atoms with Gasteiger partial charge < -0.3 is 5.32 Å². The number of H-pyrrole nitrogens is 1. The van der Waals surface area contributed by atoms with Crippen molar-refractivity contribution in [3.05, 3.63) is 35.6 Å². The second kappa shape index (κ2) is 3.63. The van der Waals surface area contributed by atoms with Gasteiger partial charge in [0.05, 0.1) is 5.69 Å². The Hall–Kier alpha value is -1.84. The van der Waals surface area contributed by atoms with E-state index >= 15 is 0 Å². The molecule has 3 rings (SSSR count). The average molecular weight is 217 g/mol. The molecule has 2 aromatic rings. The molecule has 1 aliphatic rings. The zero-order chi connectivity index (χ0) is 11.0. The van der Waals surface area contributed by atoms with Crippen LogP contribution in [0.4, 0.5) is 10.2 Å². The molecule has 0 atom stereocenters. The summed E-state index contributed by atoms with van der Waals surface area (Å²) in [5, 5.41) is 10.4. The molecule has 0 unspecified atom stereocenters. The predicted molar refractivity (Wildman–Crippen MR) is 60.8 cm³/mol. The monoisotopic (exact) mass is 217 g/mol. The summed E-state index contributed by atoms with van der Waals surface area (Å²) < 4.78 is 13.1. The number of aromatic amines is 1. The molecular weight excluding hydrogens is 205 g/mol. The van der Waals surface area contributed by atoms with Crippen LogP contribution in [0.3, 0.4) is 0 Å². The van der Waals surface area contributed by atoms with E-state index < -0.39 is 0 Å². The second-order valence-electron chi connectivity index (χ2n) is 3.97. The van der Waals surface area contributed by atoms with Crippen molar-refractivity contribution in [2.75, 3.05) is 11.9 Å². The van der Waals surface area contributed by atoms with Crippen LogP contribution < -0.4 is 5.32 Å². The Morgan fingerprint density at radius 2 is 2.25 bits per heavy atom. The number of hydrogen-bond donors (Lipinski definition) is 2. The summed E-state index contributed by atoms with van der Waals surface area (Å²) in [6.45, 7) is 0.959. The molecule has 0 aliphatic carbocycles. The smallest absolute Gasteiger partial charge is 0.151 e. The Kier molecular flexibility index (Phi) is 2.13. The van der Waals surface area contributed by atoms with Crippen molar-refractivity contribution in [1.29, 1.82) is 0 Å². The zero-order valence-electron chi connectivity index (χ0n) is 8.76. The summed E-state index contributed by atoms with van der Waals surface area (Å²) in [7, 11) is 0. The van der Waals surface area contributed by atoms with Crippen molar-refractivity contribution in [2.45, 2.75) is 12.8 Å². The third kappa shape index (κ3) is 1.46. The van der Waals surface area contributed by atoms with Gasteiger partial charge in [-0.05, 0) is 25.0 Å². The first kappa shape index (κ1) is 9.39. The van der Waals surface area contributed by atoms with E-state index in [0.29, 0.717) is 0 Å². The van der Waals surface area contributed by atoms with Crippen molar-refractivity contribution >= 4 is 5.82 Å². The van der Waals surface area contributed by atoms with E-state index in [1.54, 1.807) is 6.07 Å². The predicted octanol–water partition coefficient (Wildman–Crippen LogP) is 2.57. The highest BCUT2D eigenvalue weighted by Gasteiger charge is 2.17. The first-order valence-electron chi connectivity index (χ1n) is 5.41. The number of nitrogens with one attached hydrogen (secondary N) is 2. The SMILES string of the molecule is Fc1cccc(-c2[nH]nc3c2CCCN3)c1. The molecule has 3 nitrogen and oxygen atoms in total. The van der Waals surface area contributed by atoms with Crippen LogP contribution in [0, 0.1) is 5.82 Å². The number of benzene rings is 1. The lowest BCUT2D eigenvalue weighted by Gasteiger charge is -2.13. The number of halogens is 1. The highest BCUT2D eigenvalue weighted by Crippen LogP contribution is 2.30. The third-order valence-corrected chi connectivity index (χ3v) is 2.88. The lowest BCUT2D eigenvalue weighted by molar-refractivity contribution is 0.628. The van der Waals surface area contributed by atoms with Crippen LogP contribution in [-0.2, 0) is 6.42 Å². The third-order valence-electron chi connectivity index (χ3n) is 2.88. The molecule has 1 aliphatic heterocycles. The molecule has 16 heavy (non-hydrogen) atoms. The van der Waals surface area contributed by atoms with Gasteiger partial charge in [0.25, 0.3) is 0 Å². The van der Waals surface area contributed by atoms with Crippen LogP contribution >= 0.6 is 0 Å². The van der Waals surface area contributed by atoms with Gasteiger partial charge in [-0.25, -0.2) is 4.39 Å². The van der Waals surface area contributed by atoms with Crippen LogP contribution in [0.2, 0.25) is 0 Å². The van der Waals surface area contributed by atoms with Gasteiger partial charge in [0.15, 0.2) is 5.82 Å². The Bertz CT molecular complexity index is 519. The maximum Gasteiger partial charge on any atom is 0.151 e. The molecular formula is C12H12FN3. The Balaban J connectivity index is 2.09. The molecule has 0 radical (unpaired) electrons. The standard InChI is InChI=1S/C12H12FN3/c13-9-4-1-3-8(7-9)11-10-5-2-6-14-12(10)16-15-11/h1,3-4,7H,2,5-6H2,(H2,14,15,16). The van der Waals surface area contributed by atoms with E-state index in [1.165, 1.54) is 12.1 Å². The molecule has 0 fully saturated rings. The van der Waals surface area contributed by atoms with E-state index in [9.17, 15) is 4.39 Å². The number of rotatable bonds is 1. The second-order valence-corrected chi connectivity index (χ2v) is 3.97. The van der Waals surface area contributed by atoms with Gasteiger partial charge in [-0.2, -0.15) is 5.10 Å². The van der Waals surface area contributed by atoms with Gasteiger partial charge in [0.2, 0.25) is 0 Å². The maximum absolute atomic E-state index is 13.1. The lowest BCUT2D eigenvalue weighted by Crippen LogP contribution is -2.10. The summed E-state index contributed by atoms with van der Waals surface area (Å²) in [4.78, 5) is 0. The quantitative estimate of drug-likeness (QED) is 0.770. The number of anilines is 1. The van der Waals surface area contributed by atoms with Crippen molar-refractivity contribution in [1.82, 2.24) is 10.2 Å². The number of aromatic nitrogens is 2. The largest absolute Gasteiger partial charge is 0.368 e. The Morgan fingerprint density at radius 3 is 3.12 bits per heavy atom. The molecule has 0 spiro atoms. The normalized spacial score (nSPS) is 14.3. The van der Waals surface area contributed by atoms with Crippen molar-refractivity contribution in [2.24, 2.45) is 0 Å². The summed E-state index contributed by atoms with van der Waals surface area (Å²) in [5.41, 5.74) is 2.95. The van der Waals surface area contributed by atoms with Crippen molar-refractivity contribution < 1.29 is 4.39 Å². The fraction of sp³-hybridized carbons (Fsp3) is 0.250. The first-order valence-corrected chi connectivity index (χ1v) is 5.41. The van der Waals surface area contributed by atoms with Gasteiger partial charge >= 0.3 is 0 Å². The minimum Gasteiger partial charge on any atom is -0.368 e. The van der Waals surface area contributed by atoms with Gasteiger partial charge in [-0.1, -0.05) is 12.1 Å². The first-order chi connectivity index (χ1) is 7.84. The van der Waals surface area contributed by atoms with Crippen LogP contribution in [0.25, 0.3) is 11.3 Å². The molecule has 82 valence electrons. The van der Waals surface area contributed by atoms with Crippen molar-refractivity contribution in [3.63, 3.8) is 0 Å². The molecule has 0 saturated heterocycles. The van der Waals surface area contributed by atoms with Gasteiger partial charge in [-0.15, -0.1) is 0 Å². The molecule has 0 amide bonds. The Labute approximate surface area is 92.7 Å². The van der Waals surface area contributed by atoms with Gasteiger partial charge in [0.1, 0.15) is 5.82 Å². The van der Waals surface area contributed by atoms with Crippen molar-refractivity contribution in [3.8, 4) is 11.3 Å². The van der Waals surface area contributed by atoms with Crippen LogP contribution in [0.1, 0.15) is 12.0 Å². The van der Waals surface area contributed by atoms with E-state index in [0.717, 1.165) is 42.0 Å². The zero-order valence-corrected chi connectivity index (χ0v) is 8.76. The fourth-order valence-electron chi connectivity index (χ4n) is 2.11. The van der Waals surface area contributed by atoms with E-state index in [2.05, 4.69) is 15.5 Å². The molecule has 1 aromatic heterocycles. The molecule has 2 N–H and O–H groups in total. The number of fused-ring (bicyclic) bond motifs is 1. The van der Waals surface area contributed by atoms with E-state index in [-0.39, 0.29) is 5.82 Å². The lowest BCUT2D eigenvalue weighted by atomic mass is 10.0. The summed E-state index contributed by atoms with van der Waals surface area (Å²) in [5.74, 6) is 0.690. The summed E-state index contributed by atoms with van der Waals surface area (Å²) in [6, 6.07) is 6.59. The summed E-state index contributed by atoms with van der Waals surface area (Å²) in [6.07, 6.45) is 2.08. The van der Waals surface area contributed by atoms with Crippen LogP contribution in [0.15, 0.2) is 24.3 Å².